The number of anilines is 3. The molecule has 0 N–H and O–H groups in total. The first kappa shape index (κ1) is 32.0. The van der Waals surface area contributed by atoms with Crippen molar-refractivity contribution < 1.29 is 0 Å². The van der Waals surface area contributed by atoms with Gasteiger partial charge in [-0.3, -0.25) is 0 Å². The van der Waals surface area contributed by atoms with Crippen LogP contribution in [-0.2, 0) is 0 Å². The molecule has 53 heavy (non-hydrogen) atoms. The van der Waals surface area contributed by atoms with Crippen LogP contribution in [0.2, 0.25) is 0 Å². The van der Waals surface area contributed by atoms with E-state index in [0.717, 1.165) is 28.2 Å². The van der Waals surface area contributed by atoms with Crippen LogP contribution in [0.5, 0.6) is 0 Å². The normalized spacial score (nSPS) is 11.0. The standard InChI is InChI=1S/C52H37N/c1-6-18-38(19-7-1)41-30-32-46(33-31-41)53(47-35-44(39-20-8-2-9-21-39)34-45(36-47)40-22-10-3-11-23-40)51-37-50(42-24-12-4-13-25-42)48-28-16-17-29-49(48)52(51)43-26-14-5-15-27-43/h1-37H. The van der Waals surface area contributed by atoms with E-state index in [4.69, 9.17) is 0 Å². The van der Waals surface area contributed by atoms with Crippen LogP contribution in [0.3, 0.4) is 0 Å². The summed E-state index contributed by atoms with van der Waals surface area (Å²) in [7, 11) is 0. The molecule has 0 fully saturated rings. The fourth-order valence-corrected chi connectivity index (χ4v) is 7.50. The van der Waals surface area contributed by atoms with Gasteiger partial charge in [0.25, 0.3) is 0 Å². The Kier molecular flexibility index (Phi) is 8.66. The van der Waals surface area contributed by atoms with E-state index in [2.05, 4.69) is 229 Å². The summed E-state index contributed by atoms with van der Waals surface area (Å²) in [5, 5.41) is 2.44. The lowest BCUT2D eigenvalue weighted by Crippen LogP contribution is -2.12. The monoisotopic (exact) mass is 675 g/mol. The van der Waals surface area contributed by atoms with Gasteiger partial charge in [-0.2, -0.15) is 0 Å². The number of rotatable bonds is 8. The van der Waals surface area contributed by atoms with Crippen LogP contribution in [0.4, 0.5) is 17.1 Å². The molecule has 0 aromatic heterocycles. The van der Waals surface area contributed by atoms with Crippen molar-refractivity contribution >= 4 is 27.8 Å². The molecule has 0 heterocycles. The lowest BCUT2D eigenvalue weighted by molar-refractivity contribution is 1.29. The third-order valence-electron chi connectivity index (χ3n) is 10.0. The van der Waals surface area contributed by atoms with Gasteiger partial charge in [-0.15, -0.1) is 0 Å². The van der Waals surface area contributed by atoms with Gasteiger partial charge in [0.1, 0.15) is 0 Å². The second-order valence-electron chi connectivity index (χ2n) is 13.3. The molecule has 0 aliphatic heterocycles. The maximum Gasteiger partial charge on any atom is 0.0552 e. The summed E-state index contributed by atoms with van der Waals surface area (Å²) in [4.78, 5) is 2.47. The average molecular weight is 676 g/mol. The Morgan fingerprint density at radius 2 is 0.642 bits per heavy atom. The minimum atomic E-state index is 1.08. The predicted molar refractivity (Wildman–Crippen MR) is 226 cm³/mol. The number of hydrogen-bond donors (Lipinski definition) is 0. The van der Waals surface area contributed by atoms with Crippen molar-refractivity contribution in [3.05, 3.63) is 224 Å². The molecule has 0 aliphatic rings. The molecule has 250 valence electrons. The van der Waals surface area contributed by atoms with Crippen molar-refractivity contribution in [2.45, 2.75) is 0 Å². The lowest BCUT2D eigenvalue weighted by Gasteiger charge is -2.31. The Morgan fingerprint density at radius 1 is 0.245 bits per heavy atom. The van der Waals surface area contributed by atoms with E-state index in [-0.39, 0.29) is 0 Å². The Labute approximate surface area is 311 Å². The molecule has 0 atom stereocenters. The van der Waals surface area contributed by atoms with Gasteiger partial charge >= 0.3 is 0 Å². The number of nitrogens with zero attached hydrogens (tertiary/aromatic N) is 1. The van der Waals surface area contributed by atoms with E-state index in [1.54, 1.807) is 0 Å². The van der Waals surface area contributed by atoms with Crippen molar-refractivity contribution in [3.8, 4) is 55.6 Å². The topological polar surface area (TPSA) is 3.24 Å². The first-order chi connectivity index (χ1) is 26.3. The fourth-order valence-electron chi connectivity index (χ4n) is 7.50. The van der Waals surface area contributed by atoms with Crippen LogP contribution in [0.1, 0.15) is 0 Å². The first-order valence-electron chi connectivity index (χ1n) is 18.2. The van der Waals surface area contributed by atoms with Crippen LogP contribution in [0.15, 0.2) is 224 Å². The summed E-state index contributed by atoms with van der Waals surface area (Å²) in [6, 6.07) is 81.0. The minimum absolute atomic E-state index is 1.08. The van der Waals surface area contributed by atoms with E-state index in [1.165, 1.54) is 55.3 Å². The molecule has 0 unspecified atom stereocenters. The highest BCUT2D eigenvalue weighted by atomic mass is 15.1. The molecule has 9 rings (SSSR count). The van der Waals surface area contributed by atoms with E-state index in [9.17, 15) is 0 Å². The first-order valence-corrected chi connectivity index (χ1v) is 18.2. The van der Waals surface area contributed by atoms with Crippen LogP contribution in [0, 0.1) is 0 Å². The molecular formula is C52H37N. The molecule has 0 bridgehead atoms. The Morgan fingerprint density at radius 3 is 1.15 bits per heavy atom. The van der Waals surface area contributed by atoms with E-state index in [0.29, 0.717) is 0 Å². The van der Waals surface area contributed by atoms with Gasteiger partial charge in [0.05, 0.1) is 5.69 Å². The molecule has 9 aromatic carbocycles. The third-order valence-corrected chi connectivity index (χ3v) is 10.0. The van der Waals surface area contributed by atoms with Crippen molar-refractivity contribution in [2.24, 2.45) is 0 Å². The van der Waals surface area contributed by atoms with Crippen molar-refractivity contribution in [1.82, 2.24) is 0 Å². The highest BCUT2D eigenvalue weighted by Gasteiger charge is 2.23. The molecule has 0 saturated heterocycles. The van der Waals surface area contributed by atoms with E-state index in [1.807, 2.05) is 0 Å². The zero-order chi connectivity index (χ0) is 35.4. The summed E-state index contributed by atoms with van der Waals surface area (Å²) < 4.78 is 0. The van der Waals surface area contributed by atoms with Crippen LogP contribution < -0.4 is 4.90 Å². The largest absolute Gasteiger partial charge is 0.310 e. The Hall–Kier alpha value is -6.96. The molecule has 0 aliphatic carbocycles. The molecule has 0 amide bonds. The second-order valence-corrected chi connectivity index (χ2v) is 13.3. The fraction of sp³-hybridized carbons (Fsp3) is 0. The highest BCUT2D eigenvalue weighted by Crippen LogP contribution is 2.49. The zero-order valence-corrected chi connectivity index (χ0v) is 29.3. The van der Waals surface area contributed by atoms with Crippen molar-refractivity contribution in [3.63, 3.8) is 0 Å². The van der Waals surface area contributed by atoms with Gasteiger partial charge in [0.2, 0.25) is 0 Å². The molecular weight excluding hydrogens is 639 g/mol. The minimum Gasteiger partial charge on any atom is -0.310 e. The van der Waals surface area contributed by atoms with Crippen LogP contribution in [-0.4, -0.2) is 0 Å². The molecule has 0 saturated carbocycles. The van der Waals surface area contributed by atoms with Gasteiger partial charge in [-0.1, -0.05) is 188 Å². The Balaban J connectivity index is 1.38. The summed E-state index contributed by atoms with van der Waals surface area (Å²) in [5.74, 6) is 0. The van der Waals surface area contributed by atoms with Gasteiger partial charge in [0.15, 0.2) is 0 Å². The Bertz CT molecular complexity index is 2560. The number of fused-ring (bicyclic) bond motifs is 1. The maximum absolute atomic E-state index is 2.47. The van der Waals surface area contributed by atoms with Gasteiger partial charge in [-0.25, -0.2) is 0 Å². The van der Waals surface area contributed by atoms with Gasteiger partial charge in [-0.05, 0) is 97.2 Å². The molecule has 1 heteroatoms. The predicted octanol–water partition coefficient (Wildman–Crippen LogP) is 14.6. The van der Waals surface area contributed by atoms with Gasteiger partial charge in [0, 0.05) is 16.9 Å². The van der Waals surface area contributed by atoms with Gasteiger partial charge < -0.3 is 4.90 Å². The average Bonchev–Trinajstić information content (AvgIpc) is 3.25. The van der Waals surface area contributed by atoms with Crippen molar-refractivity contribution in [2.75, 3.05) is 4.90 Å². The van der Waals surface area contributed by atoms with E-state index >= 15 is 0 Å². The zero-order valence-electron chi connectivity index (χ0n) is 29.3. The van der Waals surface area contributed by atoms with E-state index < -0.39 is 0 Å². The third kappa shape index (κ3) is 6.42. The van der Waals surface area contributed by atoms with Crippen molar-refractivity contribution in [1.29, 1.82) is 0 Å². The SMILES string of the molecule is c1ccc(-c2ccc(N(c3cc(-c4ccccc4)cc(-c4ccccc4)c3)c3cc(-c4ccccc4)c4ccccc4c3-c3ccccc3)cc2)cc1. The highest BCUT2D eigenvalue weighted by molar-refractivity contribution is 6.11. The second kappa shape index (κ2) is 14.3. The van der Waals surface area contributed by atoms with Crippen LogP contribution in [0.25, 0.3) is 66.4 Å². The number of benzene rings is 9. The lowest BCUT2D eigenvalue weighted by atomic mass is 9.89. The molecule has 9 aromatic rings. The summed E-state index contributed by atoms with van der Waals surface area (Å²) in [6.07, 6.45) is 0. The summed E-state index contributed by atoms with van der Waals surface area (Å²) in [5.41, 5.74) is 15.1. The maximum atomic E-state index is 2.47. The van der Waals surface area contributed by atoms with Crippen LogP contribution >= 0.6 is 0 Å². The summed E-state index contributed by atoms with van der Waals surface area (Å²) >= 11 is 0. The smallest absolute Gasteiger partial charge is 0.0552 e. The molecule has 0 radical (unpaired) electrons. The quantitative estimate of drug-likeness (QED) is 0.155. The number of hydrogen-bond acceptors (Lipinski definition) is 1. The molecule has 1 nitrogen and oxygen atoms in total. The molecule has 0 spiro atoms. The summed E-state index contributed by atoms with van der Waals surface area (Å²) in [6.45, 7) is 0.